The van der Waals surface area contributed by atoms with Crippen LogP contribution in [-0.2, 0) is 4.74 Å². The predicted molar refractivity (Wildman–Crippen MR) is 63.6 cm³/mol. The van der Waals surface area contributed by atoms with Crippen molar-refractivity contribution in [1.29, 1.82) is 0 Å². The van der Waals surface area contributed by atoms with E-state index in [2.05, 4.69) is 0 Å². The number of aliphatic hydroxyl groups excluding tert-OH is 1. The van der Waals surface area contributed by atoms with Crippen LogP contribution in [-0.4, -0.2) is 24.9 Å². The fraction of sp³-hybridized carbons (Fsp3) is 0.538. The van der Waals surface area contributed by atoms with Crippen molar-refractivity contribution in [2.45, 2.75) is 32.5 Å². The second kappa shape index (κ2) is 6.57. The summed E-state index contributed by atoms with van der Waals surface area (Å²) in [4.78, 5) is 0. The summed E-state index contributed by atoms with van der Waals surface area (Å²) in [6, 6.07) is 4.44. The van der Waals surface area contributed by atoms with E-state index in [-0.39, 0.29) is 11.9 Å². The number of hydrogen-bond donors (Lipinski definition) is 1. The van der Waals surface area contributed by atoms with Crippen molar-refractivity contribution >= 4 is 0 Å². The van der Waals surface area contributed by atoms with Gasteiger partial charge in [-0.2, -0.15) is 0 Å². The van der Waals surface area contributed by atoms with Crippen LogP contribution in [0.4, 0.5) is 4.39 Å². The van der Waals surface area contributed by atoms with Crippen molar-refractivity contribution in [2.24, 2.45) is 0 Å². The zero-order valence-electron chi connectivity index (χ0n) is 10.4. The van der Waals surface area contributed by atoms with Gasteiger partial charge in [0.25, 0.3) is 0 Å². The molecule has 0 aliphatic rings. The number of ether oxygens (including phenoxy) is 2. The minimum absolute atomic E-state index is 0.172. The van der Waals surface area contributed by atoms with Crippen molar-refractivity contribution in [3.8, 4) is 5.75 Å². The molecule has 0 aliphatic heterocycles. The van der Waals surface area contributed by atoms with Gasteiger partial charge >= 0.3 is 0 Å². The van der Waals surface area contributed by atoms with Crippen molar-refractivity contribution in [3.63, 3.8) is 0 Å². The Labute approximate surface area is 101 Å². The van der Waals surface area contributed by atoms with Crippen molar-refractivity contribution < 1.29 is 19.0 Å². The van der Waals surface area contributed by atoms with Gasteiger partial charge in [-0.15, -0.1) is 0 Å². The number of benzene rings is 1. The second-order valence-electron chi connectivity index (χ2n) is 3.74. The van der Waals surface area contributed by atoms with Gasteiger partial charge in [-0.05, 0) is 31.0 Å². The first-order valence-electron chi connectivity index (χ1n) is 5.77. The van der Waals surface area contributed by atoms with E-state index in [4.69, 9.17) is 9.47 Å². The fourth-order valence-electron chi connectivity index (χ4n) is 1.73. The molecule has 0 radical (unpaired) electrons. The van der Waals surface area contributed by atoms with Gasteiger partial charge in [-0.25, -0.2) is 4.39 Å². The number of methoxy groups -OCH3 is 1. The van der Waals surface area contributed by atoms with E-state index in [1.54, 1.807) is 6.07 Å². The molecule has 0 heterocycles. The van der Waals surface area contributed by atoms with Crippen molar-refractivity contribution in [1.82, 2.24) is 0 Å². The summed E-state index contributed by atoms with van der Waals surface area (Å²) in [6.45, 7) is 4.31. The molecule has 0 fully saturated rings. The Balaban J connectivity index is 2.87. The molecule has 1 aromatic rings. The summed E-state index contributed by atoms with van der Waals surface area (Å²) in [5.41, 5.74) is 0.503. The summed E-state index contributed by atoms with van der Waals surface area (Å²) >= 11 is 0. The summed E-state index contributed by atoms with van der Waals surface area (Å²) in [7, 11) is 1.41. The molecule has 96 valence electrons. The summed E-state index contributed by atoms with van der Waals surface area (Å²) in [5, 5.41) is 10.1. The maximum atomic E-state index is 13.5. The van der Waals surface area contributed by atoms with Crippen LogP contribution in [0.25, 0.3) is 0 Å². The molecule has 1 aromatic carbocycles. The summed E-state index contributed by atoms with van der Waals surface area (Å²) in [5.74, 6) is -0.305. The van der Waals surface area contributed by atoms with Crippen LogP contribution < -0.4 is 4.74 Å². The van der Waals surface area contributed by atoms with Crippen LogP contribution in [0.1, 0.15) is 31.9 Å². The molecule has 0 saturated heterocycles. The van der Waals surface area contributed by atoms with Gasteiger partial charge in [0.05, 0.1) is 13.2 Å². The lowest BCUT2D eigenvalue weighted by molar-refractivity contribution is -0.0357. The molecule has 1 rings (SSSR count). The van der Waals surface area contributed by atoms with E-state index in [1.807, 2.05) is 13.8 Å². The first-order valence-corrected chi connectivity index (χ1v) is 5.77. The zero-order chi connectivity index (χ0) is 12.8. The van der Waals surface area contributed by atoms with Crippen molar-refractivity contribution in [3.05, 3.63) is 29.6 Å². The zero-order valence-corrected chi connectivity index (χ0v) is 10.4. The normalized spacial score (nSPS) is 14.4. The molecule has 0 aliphatic carbocycles. The molecule has 2 unspecified atom stereocenters. The van der Waals surface area contributed by atoms with Gasteiger partial charge < -0.3 is 14.6 Å². The van der Waals surface area contributed by atoms with E-state index in [0.717, 1.165) is 0 Å². The quantitative estimate of drug-likeness (QED) is 0.833. The van der Waals surface area contributed by atoms with Gasteiger partial charge in [-0.3, -0.25) is 0 Å². The van der Waals surface area contributed by atoms with E-state index >= 15 is 0 Å². The number of hydrogen-bond acceptors (Lipinski definition) is 3. The maximum Gasteiger partial charge on any atom is 0.165 e. The first-order chi connectivity index (χ1) is 8.13. The highest BCUT2D eigenvalue weighted by atomic mass is 19.1. The number of aliphatic hydroxyl groups is 1. The van der Waals surface area contributed by atoms with Gasteiger partial charge in [-0.1, -0.05) is 13.0 Å². The molecule has 17 heavy (non-hydrogen) atoms. The average molecular weight is 242 g/mol. The Morgan fingerprint density at radius 2 is 2.06 bits per heavy atom. The van der Waals surface area contributed by atoms with Gasteiger partial charge in [0, 0.05) is 6.61 Å². The molecule has 2 atom stereocenters. The lowest BCUT2D eigenvalue weighted by atomic mass is 10.0. The largest absolute Gasteiger partial charge is 0.494 e. The number of halogens is 1. The predicted octanol–water partition coefficient (Wildman–Crippen LogP) is 2.68. The Morgan fingerprint density at radius 3 is 2.53 bits per heavy atom. The van der Waals surface area contributed by atoms with Crippen LogP contribution in [0.15, 0.2) is 18.2 Å². The first kappa shape index (κ1) is 13.9. The molecule has 0 saturated carbocycles. The monoisotopic (exact) mass is 242 g/mol. The third-order valence-corrected chi connectivity index (χ3v) is 2.65. The highest BCUT2D eigenvalue weighted by molar-refractivity contribution is 5.30. The molecule has 0 bridgehead atoms. The van der Waals surface area contributed by atoms with Crippen LogP contribution in [0.2, 0.25) is 0 Å². The molecular weight excluding hydrogens is 223 g/mol. The van der Waals surface area contributed by atoms with Gasteiger partial charge in [0.2, 0.25) is 0 Å². The van der Waals surface area contributed by atoms with Crippen LogP contribution in [0.5, 0.6) is 5.75 Å². The molecule has 1 N–H and O–H groups in total. The minimum Gasteiger partial charge on any atom is -0.494 e. The van der Waals surface area contributed by atoms with Gasteiger partial charge in [0.1, 0.15) is 6.10 Å². The standard InChI is InChI=1S/C13H19FO3/c1-4-11(17-5-2)13(15)9-6-7-12(16-3)10(14)8-9/h6-8,11,13,15H,4-5H2,1-3H3. The molecule has 0 spiro atoms. The Hall–Kier alpha value is -1.13. The highest BCUT2D eigenvalue weighted by Gasteiger charge is 2.20. The van der Waals surface area contributed by atoms with Crippen molar-refractivity contribution in [2.75, 3.05) is 13.7 Å². The number of rotatable bonds is 6. The molecule has 0 aromatic heterocycles. The summed E-state index contributed by atoms with van der Waals surface area (Å²) in [6.07, 6.45) is -0.462. The van der Waals surface area contributed by atoms with Crippen LogP contribution in [0, 0.1) is 5.82 Å². The molecule has 4 heteroatoms. The molecular formula is C13H19FO3. The smallest absolute Gasteiger partial charge is 0.165 e. The lowest BCUT2D eigenvalue weighted by Gasteiger charge is -2.22. The van der Waals surface area contributed by atoms with E-state index in [1.165, 1.54) is 19.2 Å². The second-order valence-corrected chi connectivity index (χ2v) is 3.74. The Morgan fingerprint density at radius 1 is 1.35 bits per heavy atom. The van der Waals surface area contributed by atoms with E-state index in [0.29, 0.717) is 18.6 Å². The van der Waals surface area contributed by atoms with E-state index < -0.39 is 11.9 Å². The Bertz CT molecular complexity index is 355. The maximum absolute atomic E-state index is 13.5. The third kappa shape index (κ3) is 3.41. The average Bonchev–Trinajstić information content (AvgIpc) is 2.35. The highest BCUT2D eigenvalue weighted by Crippen LogP contribution is 2.26. The third-order valence-electron chi connectivity index (χ3n) is 2.65. The topological polar surface area (TPSA) is 38.7 Å². The van der Waals surface area contributed by atoms with E-state index in [9.17, 15) is 9.50 Å². The SMILES string of the molecule is CCOC(CC)C(O)c1ccc(OC)c(F)c1. The fourth-order valence-corrected chi connectivity index (χ4v) is 1.73. The van der Waals surface area contributed by atoms with Gasteiger partial charge in [0.15, 0.2) is 11.6 Å². The minimum atomic E-state index is -0.819. The molecule has 3 nitrogen and oxygen atoms in total. The summed E-state index contributed by atoms with van der Waals surface area (Å²) < 4.78 is 23.7. The van der Waals surface area contributed by atoms with Crippen LogP contribution in [0.3, 0.4) is 0 Å². The Kier molecular flexibility index (Phi) is 5.38. The lowest BCUT2D eigenvalue weighted by Crippen LogP contribution is -2.21. The molecule has 0 amide bonds. The van der Waals surface area contributed by atoms with Crippen LogP contribution >= 0.6 is 0 Å².